The van der Waals surface area contributed by atoms with E-state index in [0.717, 1.165) is 13.4 Å². The zero-order valence-corrected chi connectivity index (χ0v) is 8.57. The molecule has 1 aromatic heterocycles. The highest BCUT2D eigenvalue weighted by Crippen LogP contribution is 2.26. The molecule has 0 aliphatic carbocycles. The molecule has 1 N–H and O–H groups in total. The second-order valence-corrected chi connectivity index (χ2v) is 2.77. The second kappa shape index (κ2) is 6.93. The topological polar surface area (TPSA) is 65.3 Å². The summed E-state index contributed by atoms with van der Waals surface area (Å²) >= 11 is 1.36. The lowest BCUT2D eigenvalue weighted by molar-refractivity contribution is 0.112. The van der Waals surface area contributed by atoms with Gasteiger partial charge in [-0.05, 0) is 11.4 Å². The molecule has 0 spiro atoms. The van der Waals surface area contributed by atoms with Crippen LogP contribution in [0.15, 0.2) is 21.6 Å². The Morgan fingerprint density at radius 2 is 2.07 bits per heavy atom. The van der Waals surface area contributed by atoms with E-state index in [2.05, 4.69) is 23.6 Å². The number of anilines is 1. The van der Waals surface area contributed by atoms with Crippen molar-refractivity contribution in [3.63, 3.8) is 0 Å². The Hall–Kier alpha value is -1.53. The van der Waals surface area contributed by atoms with E-state index >= 15 is 0 Å². The molecule has 0 amide bonds. The third-order valence-corrected chi connectivity index (χ3v) is 2.15. The fourth-order valence-electron chi connectivity index (χ4n) is 0.737. The lowest BCUT2D eigenvalue weighted by atomic mass is 10.3. The molecule has 5 nitrogen and oxygen atoms in total. The van der Waals surface area contributed by atoms with Crippen molar-refractivity contribution in [1.29, 1.82) is 0 Å². The van der Waals surface area contributed by atoms with Gasteiger partial charge in [-0.15, -0.1) is 16.5 Å². The average molecular weight is 213 g/mol. The highest BCUT2D eigenvalue weighted by molar-refractivity contribution is 7.14. The zero-order valence-electron chi connectivity index (χ0n) is 7.75. The number of hydrogen-bond donors (Lipinski definition) is 1. The summed E-state index contributed by atoms with van der Waals surface area (Å²) in [5.74, 6) is 0. The Morgan fingerprint density at radius 3 is 2.50 bits per heavy atom. The van der Waals surface area contributed by atoms with Crippen molar-refractivity contribution in [3.05, 3.63) is 17.0 Å². The van der Waals surface area contributed by atoms with Gasteiger partial charge in [0.15, 0.2) is 6.29 Å². The average Bonchev–Trinajstić information content (AvgIpc) is 2.71. The summed E-state index contributed by atoms with van der Waals surface area (Å²) in [7, 11) is 1.00. The maximum atomic E-state index is 10.5. The van der Waals surface area contributed by atoms with Crippen LogP contribution in [0, 0.1) is 0 Å². The SMILES string of the molecule is C=NN(N=C)c1sccc1C=O.CO. The second-order valence-electron chi connectivity index (χ2n) is 1.87. The van der Waals surface area contributed by atoms with E-state index in [0.29, 0.717) is 10.6 Å². The largest absolute Gasteiger partial charge is 0.400 e. The molecule has 0 aromatic carbocycles. The summed E-state index contributed by atoms with van der Waals surface area (Å²) in [6.07, 6.45) is 0.745. The zero-order chi connectivity index (χ0) is 11.0. The van der Waals surface area contributed by atoms with E-state index in [1.165, 1.54) is 16.5 Å². The molecule has 0 saturated carbocycles. The van der Waals surface area contributed by atoms with Gasteiger partial charge in [-0.25, -0.2) is 0 Å². The molecule has 0 aliphatic rings. The van der Waals surface area contributed by atoms with Crippen LogP contribution >= 0.6 is 11.3 Å². The standard InChI is InChI=1S/C7H7N3OS.CH4O/c1-8-10(9-2)7-6(5-11)3-4-12-7;1-2/h3-5H,1-2H2;2H,1H3. The number of carbonyl (C=O) groups excluding carboxylic acids is 1. The molecule has 0 bridgehead atoms. The van der Waals surface area contributed by atoms with Crippen LogP contribution < -0.4 is 5.12 Å². The molecule has 0 aliphatic heterocycles. The van der Waals surface area contributed by atoms with E-state index in [9.17, 15) is 4.79 Å². The number of rotatable bonds is 4. The van der Waals surface area contributed by atoms with E-state index in [4.69, 9.17) is 5.11 Å². The predicted octanol–water partition coefficient (Wildman–Crippen LogP) is 1.21. The fourth-order valence-corrected chi connectivity index (χ4v) is 1.54. The van der Waals surface area contributed by atoms with Gasteiger partial charge in [0.05, 0.1) is 5.56 Å². The van der Waals surface area contributed by atoms with Crippen molar-refractivity contribution in [3.8, 4) is 0 Å². The number of aliphatic hydroxyl groups is 1. The summed E-state index contributed by atoms with van der Waals surface area (Å²) in [4.78, 5) is 10.5. The summed E-state index contributed by atoms with van der Waals surface area (Å²) < 4.78 is 0. The highest BCUT2D eigenvalue weighted by atomic mass is 32.1. The Kier molecular flexibility index (Phi) is 6.17. The molecule has 1 heterocycles. The smallest absolute Gasteiger partial charge is 0.153 e. The summed E-state index contributed by atoms with van der Waals surface area (Å²) in [6, 6.07) is 1.69. The highest BCUT2D eigenvalue weighted by Gasteiger charge is 2.08. The first-order valence-electron chi connectivity index (χ1n) is 3.54. The van der Waals surface area contributed by atoms with Gasteiger partial charge in [0.1, 0.15) is 5.00 Å². The van der Waals surface area contributed by atoms with Gasteiger partial charge in [-0.1, -0.05) is 0 Å². The molecule has 0 fully saturated rings. The minimum absolute atomic E-state index is 0.541. The molecule has 0 atom stereocenters. The first kappa shape index (κ1) is 12.5. The molecular formula is C8H11N3O2S. The van der Waals surface area contributed by atoms with Crippen LogP contribution in [0.25, 0.3) is 0 Å². The van der Waals surface area contributed by atoms with Crippen molar-refractivity contribution in [2.24, 2.45) is 10.2 Å². The van der Waals surface area contributed by atoms with Crippen LogP contribution in [-0.4, -0.2) is 31.9 Å². The monoisotopic (exact) mass is 213 g/mol. The van der Waals surface area contributed by atoms with E-state index in [1.807, 2.05) is 0 Å². The van der Waals surface area contributed by atoms with Crippen LogP contribution in [0.1, 0.15) is 10.4 Å². The summed E-state index contributed by atoms with van der Waals surface area (Å²) in [5, 5.41) is 17.8. The first-order valence-corrected chi connectivity index (χ1v) is 4.42. The third-order valence-electron chi connectivity index (χ3n) is 1.25. The van der Waals surface area contributed by atoms with E-state index in [-0.39, 0.29) is 0 Å². The summed E-state index contributed by atoms with van der Waals surface area (Å²) in [6.45, 7) is 6.59. The number of nitrogens with zero attached hydrogens (tertiary/aromatic N) is 3. The van der Waals surface area contributed by atoms with E-state index in [1.54, 1.807) is 11.4 Å². The minimum atomic E-state index is 0.541. The van der Waals surface area contributed by atoms with Crippen LogP contribution in [0.2, 0.25) is 0 Å². The minimum Gasteiger partial charge on any atom is -0.400 e. The molecule has 0 unspecified atom stereocenters. The first-order chi connectivity index (χ1) is 6.83. The number of hydrazone groups is 2. The lowest BCUT2D eigenvalue weighted by Crippen LogP contribution is -2.05. The van der Waals surface area contributed by atoms with Gasteiger partial charge in [0, 0.05) is 20.5 Å². The molecular weight excluding hydrogens is 202 g/mol. The molecule has 0 saturated heterocycles. The molecule has 76 valence electrons. The van der Waals surface area contributed by atoms with Crippen LogP contribution in [0.3, 0.4) is 0 Å². The van der Waals surface area contributed by atoms with Crippen LogP contribution in [-0.2, 0) is 0 Å². The van der Waals surface area contributed by atoms with Gasteiger partial charge in [0.2, 0.25) is 0 Å². The molecule has 6 heteroatoms. The molecule has 0 radical (unpaired) electrons. The van der Waals surface area contributed by atoms with Gasteiger partial charge in [0.25, 0.3) is 0 Å². The number of aldehydes is 1. The van der Waals surface area contributed by atoms with Crippen LogP contribution in [0.4, 0.5) is 5.00 Å². The lowest BCUT2D eigenvalue weighted by Gasteiger charge is -2.08. The number of aliphatic hydroxyl groups excluding tert-OH is 1. The number of thiophene rings is 1. The fraction of sp³-hybridized carbons (Fsp3) is 0.125. The van der Waals surface area contributed by atoms with Crippen molar-refractivity contribution in [2.45, 2.75) is 0 Å². The quantitative estimate of drug-likeness (QED) is 0.464. The third kappa shape index (κ3) is 2.75. The van der Waals surface area contributed by atoms with E-state index < -0.39 is 0 Å². The Bertz CT molecular complexity index is 303. The van der Waals surface area contributed by atoms with Gasteiger partial charge < -0.3 is 5.11 Å². The van der Waals surface area contributed by atoms with Crippen molar-refractivity contribution in [1.82, 2.24) is 0 Å². The number of carbonyl (C=O) groups is 1. The van der Waals surface area contributed by atoms with Crippen molar-refractivity contribution in [2.75, 3.05) is 12.2 Å². The predicted molar refractivity (Wildman–Crippen MR) is 59.4 cm³/mol. The summed E-state index contributed by atoms with van der Waals surface area (Å²) in [5.41, 5.74) is 0.541. The molecule has 14 heavy (non-hydrogen) atoms. The molecule has 1 rings (SSSR count). The van der Waals surface area contributed by atoms with Gasteiger partial charge >= 0.3 is 0 Å². The maximum absolute atomic E-state index is 10.5. The normalized spacial score (nSPS) is 8.14. The maximum Gasteiger partial charge on any atom is 0.153 e. The Labute approximate surface area is 86.0 Å². The molecule has 1 aromatic rings. The van der Waals surface area contributed by atoms with Gasteiger partial charge in [-0.3, -0.25) is 4.79 Å². The Morgan fingerprint density at radius 1 is 1.50 bits per heavy atom. The number of hydrogen-bond acceptors (Lipinski definition) is 6. The van der Waals surface area contributed by atoms with Crippen LogP contribution in [0.5, 0.6) is 0 Å². The van der Waals surface area contributed by atoms with Gasteiger partial charge in [-0.2, -0.15) is 10.2 Å². The van der Waals surface area contributed by atoms with Crippen molar-refractivity contribution >= 4 is 36.1 Å². The Balaban J connectivity index is 0.000000791. The van der Waals surface area contributed by atoms with Crippen molar-refractivity contribution < 1.29 is 9.90 Å².